The van der Waals surface area contributed by atoms with Gasteiger partial charge in [-0.15, -0.1) is 0 Å². The van der Waals surface area contributed by atoms with Gasteiger partial charge in [0.15, 0.2) is 0 Å². The molecule has 0 saturated carbocycles. The third kappa shape index (κ3) is 3.87. The lowest BCUT2D eigenvalue weighted by molar-refractivity contribution is -0.134. The highest BCUT2D eigenvalue weighted by Crippen LogP contribution is 2.31. The van der Waals surface area contributed by atoms with Crippen molar-refractivity contribution in [2.45, 2.75) is 38.3 Å². The summed E-state index contributed by atoms with van der Waals surface area (Å²) < 4.78 is 6.37. The maximum atomic E-state index is 13.2. The van der Waals surface area contributed by atoms with Crippen LogP contribution >= 0.6 is 0 Å². The molecule has 7 heteroatoms. The summed E-state index contributed by atoms with van der Waals surface area (Å²) in [5, 5.41) is 3.21. The van der Waals surface area contributed by atoms with Crippen molar-refractivity contribution in [3.8, 4) is 5.75 Å². The summed E-state index contributed by atoms with van der Waals surface area (Å²) in [5.41, 5.74) is 0.306. The summed E-state index contributed by atoms with van der Waals surface area (Å²) in [6.45, 7) is 0.438. The van der Waals surface area contributed by atoms with E-state index in [-0.39, 0.29) is 29.6 Å². The molecule has 0 aliphatic carbocycles. The summed E-state index contributed by atoms with van der Waals surface area (Å²) in [4.78, 5) is 40.2. The van der Waals surface area contributed by atoms with Crippen LogP contribution in [0, 0.1) is 0 Å². The molecule has 3 aromatic rings. The Morgan fingerprint density at radius 1 is 1.03 bits per heavy atom. The molecule has 1 atom stereocenters. The van der Waals surface area contributed by atoms with Crippen molar-refractivity contribution < 1.29 is 9.53 Å². The van der Waals surface area contributed by atoms with Crippen molar-refractivity contribution in [2.75, 3.05) is 13.7 Å². The molecule has 0 bridgehead atoms. The van der Waals surface area contributed by atoms with Crippen LogP contribution in [0.15, 0.2) is 58.1 Å². The highest BCUT2D eigenvalue weighted by atomic mass is 16.5. The number of hydrogen-bond acceptors (Lipinski definition) is 4. The SMILES string of the molecule is COc1ccc([C@H]2CCCCCN2C(=O)Cn2[nH]c(=O)c3ccccc3c2=O)cc1. The minimum Gasteiger partial charge on any atom is -0.497 e. The topological polar surface area (TPSA) is 84.4 Å². The van der Waals surface area contributed by atoms with Gasteiger partial charge in [-0.2, -0.15) is 0 Å². The van der Waals surface area contributed by atoms with Crippen molar-refractivity contribution in [1.82, 2.24) is 14.7 Å². The van der Waals surface area contributed by atoms with Crippen molar-refractivity contribution in [1.29, 1.82) is 0 Å². The second-order valence-corrected chi connectivity index (χ2v) is 7.60. The Kier molecular flexibility index (Phi) is 5.70. The number of H-pyrrole nitrogens is 1. The number of likely N-dealkylation sites (tertiary alicyclic amines) is 1. The molecule has 1 amide bonds. The highest BCUT2D eigenvalue weighted by Gasteiger charge is 2.27. The molecule has 7 nitrogen and oxygen atoms in total. The number of hydrogen-bond donors (Lipinski definition) is 1. The maximum absolute atomic E-state index is 13.2. The second-order valence-electron chi connectivity index (χ2n) is 7.60. The van der Waals surface area contributed by atoms with Crippen LogP contribution < -0.4 is 15.9 Å². The van der Waals surface area contributed by atoms with Gasteiger partial charge in [0.1, 0.15) is 12.3 Å². The number of ether oxygens (including phenoxy) is 1. The molecule has 2 heterocycles. The smallest absolute Gasteiger partial charge is 0.273 e. The van der Waals surface area contributed by atoms with E-state index in [9.17, 15) is 14.4 Å². The zero-order chi connectivity index (χ0) is 21.1. The second kappa shape index (κ2) is 8.57. The van der Waals surface area contributed by atoms with Crippen molar-refractivity contribution in [3.05, 3.63) is 74.8 Å². The number of benzene rings is 2. The quantitative estimate of drug-likeness (QED) is 0.721. The zero-order valence-corrected chi connectivity index (χ0v) is 17.0. The number of rotatable bonds is 4. The summed E-state index contributed by atoms with van der Waals surface area (Å²) >= 11 is 0. The van der Waals surface area contributed by atoms with Gasteiger partial charge in [0.25, 0.3) is 11.1 Å². The minimum atomic E-state index is -0.374. The van der Waals surface area contributed by atoms with E-state index in [0.717, 1.165) is 41.7 Å². The number of nitrogens with zero attached hydrogens (tertiary/aromatic N) is 2. The Morgan fingerprint density at radius 2 is 1.77 bits per heavy atom. The van der Waals surface area contributed by atoms with Crippen molar-refractivity contribution in [2.24, 2.45) is 0 Å². The number of nitrogens with one attached hydrogen (secondary N) is 1. The molecule has 1 fully saturated rings. The molecular weight excluding hydrogens is 382 g/mol. The predicted molar refractivity (Wildman–Crippen MR) is 115 cm³/mol. The summed E-state index contributed by atoms with van der Waals surface area (Å²) in [6, 6.07) is 14.3. The lowest BCUT2D eigenvalue weighted by atomic mass is 10.0. The fraction of sp³-hybridized carbons (Fsp3) is 0.348. The molecule has 4 rings (SSSR count). The summed E-state index contributed by atoms with van der Waals surface area (Å²) in [7, 11) is 1.62. The molecule has 0 radical (unpaired) electrons. The van der Waals surface area contributed by atoms with Gasteiger partial charge in [0, 0.05) is 6.54 Å². The van der Waals surface area contributed by atoms with Crippen LogP contribution in [-0.4, -0.2) is 34.2 Å². The van der Waals surface area contributed by atoms with Crippen LogP contribution in [0.4, 0.5) is 0 Å². The molecule has 0 unspecified atom stereocenters. The Balaban J connectivity index is 1.65. The van der Waals surface area contributed by atoms with Crippen LogP contribution in [0.2, 0.25) is 0 Å². The first-order valence-electron chi connectivity index (χ1n) is 10.2. The van der Waals surface area contributed by atoms with E-state index in [1.807, 2.05) is 29.2 Å². The van der Waals surface area contributed by atoms with Gasteiger partial charge in [0.05, 0.1) is 23.9 Å². The van der Waals surface area contributed by atoms with Crippen LogP contribution in [0.25, 0.3) is 10.8 Å². The molecule has 2 aromatic carbocycles. The fourth-order valence-electron chi connectivity index (χ4n) is 4.16. The number of amides is 1. The fourth-order valence-corrected chi connectivity index (χ4v) is 4.16. The molecule has 1 aliphatic rings. The first kappa shape index (κ1) is 19.9. The Bertz CT molecular complexity index is 1160. The normalized spacial score (nSPS) is 17.0. The average molecular weight is 407 g/mol. The lowest BCUT2D eigenvalue weighted by Crippen LogP contribution is -2.41. The standard InChI is InChI=1S/C23H25N3O4/c1-30-17-12-10-16(11-13-17)20-9-3-2-6-14-25(20)21(27)15-26-23(29)19-8-5-4-7-18(19)22(28)24-26/h4-5,7-8,10-13,20H,2-3,6,9,14-15H2,1H3,(H,24,28)/t20-/m1/s1. The maximum Gasteiger partial charge on any atom is 0.273 e. The molecular formula is C23H25N3O4. The summed E-state index contributed by atoms with van der Waals surface area (Å²) in [5.74, 6) is 0.594. The van der Waals surface area contributed by atoms with Crippen LogP contribution in [0.3, 0.4) is 0 Å². The van der Waals surface area contributed by atoms with Gasteiger partial charge in [-0.25, -0.2) is 4.68 Å². The number of carbonyl (C=O) groups is 1. The Morgan fingerprint density at radius 3 is 2.50 bits per heavy atom. The first-order chi connectivity index (χ1) is 14.6. The van der Waals surface area contributed by atoms with Gasteiger partial charge in [-0.1, -0.05) is 37.1 Å². The average Bonchev–Trinajstić information content (AvgIpc) is 3.03. The lowest BCUT2D eigenvalue weighted by Gasteiger charge is -2.31. The van der Waals surface area contributed by atoms with Crippen molar-refractivity contribution in [3.63, 3.8) is 0 Å². The number of carbonyl (C=O) groups excluding carboxylic acids is 1. The first-order valence-corrected chi connectivity index (χ1v) is 10.2. The Labute approximate surface area is 173 Å². The van der Waals surface area contributed by atoms with E-state index in [1.165, 1.54) is 0 Å². The number of aromatic nitrogens is 2. The van der Waals surface area contributed by atoms with Crippen LogP contribution in [0.5, 0.6) is 5.75 Å². The van der Waals surface area contributed by atoms with E-state index in [0.29, 0.717) is 17.3 Å². The van der Waals surface area contributed by atoms with Gasteiger partial charge in [0.2, 0.25) is 5.91 Å². The zero-order valence-electron chi connectivity index (χ0n) is 17.0. The summed E-state index contributed by atoms with van der Waals surface area (Å²) in [6.07, 6.45) is 3.87. The molecule has 1 aromatic heterocycles. The third-order valence-electron chi connectivity index (χ3n) is 5.75. The molecule has 1 N–H and O–H groups in total. The van der Waals surface area contributed by atoms with Gasteiger partial charge >= 0.3 is 0 Å². The van der Waals surface area contributed by atoms with E-state index >= 15 is 0 Å². The molecule has 0 spiro atoms. The van der Waals surface area contributed by atoms with E-state index in [1.54, 1.807) is 31.4 Å². The highest BCUT2D eigenvalue weighted by molar-refractivity contribution is 5.81. The van der Waals surface area contributed by atoms with Gasteiger partial charge < -0.3 is 9.64 Å². The van der Waals surface area contributed by atoms with E-state index in [2.05, 4.69) is 5.10 Å². The molecule has 30 heavy (non-hydrogen) atoms. The molecule has 1 saturated heterocycles. The van der Waals surface area contributed by atoms with E-state index in [4.69, 9.17) is 4.74 Å². The van der Waals surface area contributed by atoms with Gasteiger partial charge in [-0.3, -0.25) is 19.5 Å². The van der Waals surface area contributed by atoms with Gasteiger partial charge in [-0.05, 0) is 42.7 Å². The molecule has 156 valence electrons. The number of fused-ring (bicyclic) bond motifs is 1. The van der Waals surface area contributed by atoms with Crippen molar-refractivity contribution >= 4 is 16.7 Å². The Hall–Kier alpha value is -3.35. The number of methoxy groups -OCH3 is 1. The minimum absolute atomic E-state index is 0.0613. The van der Waals surface area contributed by atoms with Crippen LogP contribution in [-0.2, 0) is 11.3 Å². The third-order valence-corrected chi connectivity index (χ3v) is 5.75. The van der Waals surface area contributed by atoms with E-state index < -0.39 is 0 Å². The monoisotopic (exact) mass is 407 g/mol. The number of aromatic amines is 1. The predicted octanol–water partition coefficient (Wildman–Crippen LogP) is 2.84. The molecule has 1 aliphatic heterocycles. The largest absolute Gasteiger partial charge is 0.497 e. The van der Waals surface area contributed by atoms with Crippen LogP contribution in [0.1, 0.15) is 37.3 Å².